The van der Waals surface area contributed by atoms with Crippen LogP contribution in [0.5, 0.6) is 0 Å². The Bertz CT molecular complexity index is 812. The maximum absolute atomic E-state index is 13.1. The number of hydrogen-bond donors (Lipinski definition) is 0. The van der Waals surface area contributed by atoms with Crippen molar-refractivity contribution in [2.24, 2.45) is 34.5 Å². The summed E-state index contributed by atoms with van der Waals surface area (Å²) in [4.78, 5) is 25.3. The number of allylic oxidation sites excluding steroid dienone is 1. The van der Waals surface area contributed by atoms with E-state index in [-0.39, 0.29) is 22.7 Å². The molecule has 0 N–H and O–H groups in total. The van der Waals surface area contributed by atoms with Crippen molar-refractivity contribution in [2.45, 2.75) is 97.6 Å². The SMILES string of the molecule is CC(=O)[C@]12OC(C)(C)O[C@H]1C[C@H]1[C@@H]3C[C@H](C)C4=CC(=O)CC[C@]4(C)[C@H]3CC[C@@]12C. The number of Topliss-reactive ketones (excluding diaryl/α,β-unsaturated/α-hetero) is 1. The van der Waals surface area contributed by atoms with Crippen molar-refractivity contribution in [3.05, 3.63) is 11.6 Å². The third kappa shape index (κ3) is 2.34. The molecule has 8 atom stereocenters. The van der Waals surface area contributed by atoms with Gasteiger partial charge in [-0.2, -0.15) is 0 Å². The van der Waals surface area contributed by atoms with E-state index in [1.807, 2.05) is 19.9 Å². The summed E-state index contributed by atoms with van der Waals surface area (Å²) in [5.74, 6) is 1.76. The molecule has 4 nitrogen and oxygen atoms in total. The van der Waals surface area contributed by atoms with E-state index in [9.17, 15) is 9.59 Å². The molecular formula is C25H36O4. The van der Waals surface area contributed by atoms with Gasteiger partial charge >= 0.3 is 0 Å². The molecule has 0 unspecified atom stereocenters. The molecule has 29 heavy (non-hydrogen) atoms. The number of fused-ring (bicyclic) bond motifs is 7. The van der Waals surface area contributed by atoms with Gasteiger partial charge in [-0.1, -0.05) is 26.3 Å². The zero-order valence-electron chi connectivity index (χ0n) is 18.8. The van der Waals surface area contributed by atoms with E-state index in [2.05, 4.69) is 20.8 Å². The smallest absolute Gasteiger partial charge is 0.164 e. The molecule has 1 heterocycles. The highest BCUT2D eigenvalue weighted by Gasteiger charge is 2.75. The quantitative estimate of drug-likeness (QED) is 0.631. The Labute approximate surface area is 174 Å². The molecule has 4 heteroatoms. The lowest BCUT2D eigenvalue weighted by molar-refractivity contribution is -0.214. The Kier molecular flexibility index (Phi) is 4.00. The van der Waals surface area contributed by atoms with Gasteiger partial charge in [0, 0.05) is 11.8 Å². The molecule has 3 saturated carbocycles. The highest BCUT2D eigenvalue weighted by molar-refractivity contribution is 5.92. The molecule has 160 valence electrons. The first-order valence-electron chi connectivity index (χ1n) is 11.6. The van der Waals surface area contributed by atoms with Crippen molar-refractivity contribution in [3.8, 4) is 0 Å². The zero-order valence-corrected chi connectivity index (χ0v) is 18.8. The van der Waals surface area contributed by atoms with Crippen LogP contribution in [0.25, 0.3) is 0 Å². The van der Waals surface area contributed by atoms with Crippen molar-refractivity contribution in [3.63, 3.8) is 0 Å². The fourth-order valence-corrected chi connectivity index (χ4v) is 8.73. The lowest BCUT2D eigenvalue weighted by Gasteiger charge is -2.60. The fraction of sp³-hybridized carbons (Fsp3) is 0.840. The van der Waals surface area contributed by atoms with Crippen LogP contribution in [0.15, 0.2) is 11.6 Å². The molecule has 0 aromatic rings. The molecule has 4 aliphatic carbocycles. The molecule has 4 fully saturated rings. The lowest BCUT2D eigenvalue weighted by Crippen LogP contribution is -2.60. The van der Waals surface area contributed by atoms with Crippen molar-refractivity contribution in [2.75, 3.05) is 0 Å². The average Bonchev–Trinajstić information content (AvgIpc) is 3.03. The molecule has 1 saturated heterocycles. The molecule has 0 aromatic carbocycles. The van der Waals surface area contributed by atoms with Gasteiger partial charge in [-0.3, -0.25) is 9.59 Å². The van der Waals surface area contributed by atoms with Gasteiger partial charge in [0.25, 0.3) is 0 Å². The van der Waals surface area contributed by atoms with Gasteiger partial charge in [-0.15, -0.1) is 0 Å². The Morgan fingerprint density at radius 1 is 1.10 bits per heavy atom. The summed E-state index contributed by atoms with van der Waals surface area (Å²) in [5.41, 5.74) is 0.529. The van der Waals surface area contributed by atoms with Crippen LogP contribution in [0.2, 0.25) is 0 Å². The largest absolute Gasteiger partial charge is 0.344 e. The van der Waals surface area contributed by atoms with Gasteiger partial charge in [0.15, 0.2) is 23.0 Å². The summed E-state index contributed by atoms with van der Waals surface area (Å²) in [7, 11) is 0. The van der Waals surface area contributed by atoms with Crippen molar-refractivity contribution in [1.29, 1.82) is 0 Å². The number of carbonyl (C=O) groups is 2. The molecule has 0 radical (unpaired) electrons. The first kappa shape index (κ1) is 19.9. The van der Waals surface area contributed by atoms with Gasteiger partial charge in [-0.25, -0.2) is 0 Å². The molecule has 0 spiro atoms. The second-order valence-corrected chi connectivity index (χ2v) is 11.6. The summed E-state index contributed by atoms with van der Waals surface area (Å²) in [6, 6.07) is 0. The monoisotopic (exact) mass is 400 g/mol. The average molecular weight is 401 g/mol. The maximum Gasteiger partial charge on any atom is 0.164 e. The number of ether oxygens (including phenoxy) is 2. The van der Waals surface area contributed by atoms with E-state index < -0.39 is 11.4 Å². The minimum atomic E-state index is -0.811. The highest BCUT2D eigenvalue weighted by atomic mass is 16.8. The second-order valence-electron chi connectivity index (χ2n) is 11.6. The van der Waals surface area contributed by atoms with Gasteiger partial charge in [0.1, 0.15) is 0 Å². The van der Waals surface area contributed by atoms with Gasteiger partial charge in [0.05, 0.1) is 6.10 Å². The molecule has 5 rings (SSSR count). The number of rotatable bonds is 1. The Morgan fingerprint density at radius 3 is 2.52 bits per heavy atom. The Morgan fingerprint density at radius 2 is 1.83 bits per heavy atom. The van der Waals surface area contributed by atoms with E-state index in [0.29, 0.717) is 35.9 Å². The van der Waals surface area contributed by atoms with Crippen LogP contribution in [-0.2, 0) is 19.1 Å². The van der Waals surface area contributed by atoms with E-state index in [0.717, 1.165) is 32.1 Å². The van der Waals surface area contributed by atoms with Crippen LogP contribution in [0.1, 0.15) is 80.1 Å². The first-order valence-corrected chi connectivity index (χ1v) is 11.6. The van der Waals surface area contributed by atoms with Crippen molar-refractivity contribution in [1.82, 2.24) is 0 Å². The van der Waals surface area contributed by atoms with Crippen LogP contribution in [0.4, 0.5) is 0 Å². The zero-order chi connectivity index (χ0) is 21.0. The van der Waals surface area contributed by atoms with Crippen LogP contribution in [-0.4, -0.2) is 29.1 Å². The minimum Gasteiger partial charge on any atom is -0.344 e. The fourth-order valence-electron chi connectivity index (χ4n) is 8.73. The van der Waals surface area contributed by atoms with Crippen LogP contribution >= 0.6 is 0 Å². The van der Waals surface area contributed by atoms with Crippen LogP contribution < -0.4 is 0 Å². The van der Waals surface area contributed by atoms with E-state index in [1.54, 1.807) is 6.92 Å². The molecule has 0 aromatic heterocycles. The number of hydrogen-bond acceptors (Lipinski definition) is 4. The van der Waals surface area contributed by atoms with Crippen LogP contribution in [0, 0.1) is 34.5 Å². The Hall–Kier alpha value is -1.00. The molecule has 0 amide bonds. The standard InChI is InChI=1S/C25H36O4/c1-14-11-17-18(23(5)9-7-16(27)12-19(14)23)8-10-24(6)20(17)13-21-25(24,15(2)26)29-22(3,4)28-21/h12,14,17-18,20-21H,7-11,13H2,1-6H3/t14-,17+,18-,20-,21-,23+,24-,25-/m0/s1. The molecule has 0 bridgehead atoms. The predicted octanol–water partition coefficient (Wildman–Crippen LogP) is 4.85. The minimum absolute atomic E-state index is 0.125. The van der Waals surface area contributed by atoms with Gasteiger partial charge in [0.2, 0.25) is 0 Å². The summed E-state index contributed by atoms with van der Waals surface area (Å²) >= 11 is 0. The topological polar surface area (TPSA) is 52.6 Å². The summed E-state index contributed by atoms with van der Waals surface area (Å²) in [5, 5.41) is 0. The second kappa shape index (κ2) is 5.82. The highest BCUT2D eigenvalue weighted by Crippen LogP contribution is 2.71. The first-order chi connectivity index (χ1) is 13.4. The summed E-state index contributed by atoms with van der Waals surface area (Å²) < 4.78 is 12.9. The molecule has 5 aliphatic rings. The summed E-state index contributed by atoms with van der Waals surface area (Å²) in [6.07, 6.45) is 7.64. The summed E-state index contributed by atoms with van der Waals surface area (Å²) in [6.45, 7) is 12.6. The molecular weight excluding hydrogens is 364 g/mol. The lowest BCUT2D eigenvalue weighted by atomic mass is 9.44. The van der Waals surface area contributed by atoms with E-state index in [4.69, 9.17) is 9.47 Å². The van der Waals surface area contributed by atoms with Crippen molar-refractivity contribution < 1.29 is 19.1 Å². The van der Waals surface area contributed by atoms with E-state index >= 15 is 0 Å². The van der Waals surface area contributed by atoms with Gasteiger partial charge in [-0.05, 0) is 88.0 Å². The third-order valence-corrected chi connectivity index (χ3v) is 9.79. The Balaban J connectivity index is 1.56. The van der Waals surface area contributed by atoms with E-state index in [1.165, 1.54) is 5.57 Å². The predicted molar refractivity (Wildman–Crippen MR) is 110 cm³/mol. The van der Waals surface area contributed by atoms with Crippen molar-refractivity contribution >= 4 is 11.6 Å². The third-order valence-electron chi connectivity index (χ3n) is 9.79. The molecule has 1 aliphatic heterocycles. The van der Waals surface area contributed by atoms with Gasteiger partial charge < -0.3 is 9.47 Å². The number of carbonyl (C=O) groups excluding carboxylic acids is 2. The van der Waals surface area contributed by atoms with Crippen LogP contribution in [0.3, 0.4) is 0 Å². The maximum atomic E-state index is 13.1. The normalized spacial score (nSPS) is 52.8. The number of ketones is 2.